The minimum Gasteiger partial charge on any atom is -0.465 e. The van der Waals surface area contributed by atoms with Crippen LogP contribution in [0.2, 0.25) is 0 Å². The van der Waals surface area contributed by atoms with Crippen molar-refractivity contribution in [3.63, 3.8) is 0 Å². The number of rotatable bonds is 11. The van der Waals surface area contributed by atoms with Crippen molar-refractivity contribution in [3.05, 3.63) is 77.9 Å². The van der Waals surface area contributed by atoms with E-state index < -0.39 is 12.1 Å². The predicted octanol–water partition coefficient (Wildman–Crippen LogP) is 4.65. The Hall–Kier alpha value is -5.26. The number of aromatic nitrogens is 4. The highest BCUT2D eigenvalue weighted by Crippen LogP contribution is 2.30. The molecule has 1 aliphatic carbocycles. The standard InChI is InChI=1S/C34H40N8O4/c1-21-4-17-28(42(2)3)19-29(21)24-9-5-22(6-10-24)18-30(37-32(43)26-11-7-23(8-12-26)20-35-34(45)46)33(44)36-27-15-13-25(14-16-27)31-38-40-41-39-31/h4-6,9-10,13-17,19,23,26,30,35H,7-8,11-12,18,20H2,1-3H3,(H,36,44)(H,37,43)(H,45,46)(H,38,39,40,41)/t23?,26?,30-/m0/s1. The van der Waals surface area contributed by atoms with Gasteiger partial charge < -0.3 is 26.0 Å². The van der Waals surface area contributed by atoms with E-state index in [1.807, 2.05) is 26.2 Å². The number of hydrogen-bond acceptors (Lipinski definition) is 7. The van der Waals surface area contributed by atoms with Gasteiger partial charge in [-0.3, -0.25) is 9.59 Å². The van der Waals surface area contributed by atoms with Crippen molar-refractivity contribution in [1.29, 1.82) is 0 Å². The van der Waals surface area contributed by atoms with Gasteiger partial charge in [-0.1, -0.05) is 30.3 Å². The summed E-state index contributed by atoms with van der Waals surface area (Å²) in [4.78, 5) is 40.0. The third-order valence-corrected chi connectivity index (χ3v) is 8.59. The Morgan fingerprint density at radius 2 is 1.65 bits per heavy atom. The van der Waals surface area contributed by atoms with Crippen LogP contribution in [0.15, 0.2) is 66.7 Å². The molecule has 1 aromatic heterocycles. The first-order valence-electron chi connectivity index (χ1n) is 15.5. The van der Waals surface area contributed by atoms with Gasteiger partial charge in [-0.2, -0.15) is 5.21 Å². The van der Waals surface area contributed by atoms with Gasteiger partial charge in [0.2, 0.25) is 17.6 Å². The molecule has 0 unspecified atom stereocenters. The maximum Gasteiger partial charge on any atom is 0.404 e. The SMILES string of the molecule is Cc1ccc(N(C)C)cc1-c1ccc(C[C@H](NC(=O)C2CCC(CNC(=O)O)CC2)C(=O)Nc2ccc(-c3nn[nH]n3)cc2)cc1. The van der Waals surface area contributed by atoms with Crippen LogP contribution in [-0.4, -0.2) is 70.3 Å². The summed E-state index contributed by atoms with van der Waals surface area (Å²) < 4.78 is 0. The molecule has 12 heteroatoms. The number of nitrogens with zero attached hydrogens (tertiary/aromatic N) is 4. The van der Waals surface area contributed by atoms with Gasteiger partial charge in [0, 0.05) is 49.9 Å². The summed E-state index contributed by atoms with van der Waals surface area (Å²) in [5, 5.41) is 31.3. The molecule has 0 radical (unpaired) electrons. The van der Waals surface area contributed by atoms with E-state index in [0.717, 1.165) is 40.8 Å². The second kappa shape index (κ2) is 14.7. The number of hydrogen-bond donors (Lipinski definition) is 5. The van der Waals surface area contributed by atoms with Crippen LogP contribution in [0.5, 0.6) is 0 Å². The smallest absolute Gasteiger partial charge is 0.404 e. The van der Waals surface area contributed by atoms with E-state index in [1.165, 1.54) is 5.56 Å². The first-order chi connectivity index (χ1) is 22.2. The van der Waals surface area contributed by atoms with Crippen LogP contribution >= 0.6 is 0 Å². The number of nitrogens with one attached hydrogen (secondary N) is 4. The quantitative estimate of drug-likeness (QED) is 0.161. The predicted molar refractivity (Wildman–Crippen MR) is 176 cm³/mol. The van der Waals surface area contributed by atoms with E-state index >= 15 is 0 Å². The minimum atomic E-state index is -1.04. The molecule has 240 valence electrons. The van der Waals surface area contributed by atoms with Gasteiger partial charge >= 0.3 is 6.09 Å². The third-order valence-electron chi connectivity index (χ3n) is 8.59. The zero-order chi connectivity index (χ0) is 32.6. The van der Waals surface area contributed by atoms with Crippen molar-refractivity contribution in [2.45, 2.75) is 45.1 Å². The lowest BCUT2D eigenvalue weighted by Crippen LogP contribution is -2.48. The maximum atomic E-state index is 13.7. The van der Waals surface area contributed by atoms with Gasteiger partial charge in [0.15, 0.2) is 0 Å². The number of anilines is 2. The summed E-state index contributed by atoms with van der Waals surface area (Å²) in [7, 11) is 4.03. The Morgan fingerprint density at radius 1 is 0.957 bits per heavy atom. The van der Waals surface area contributed by atoms with Gasteiger partial charge in [-0.15, -0.1) is 10.2 Å². The molecule has 12 nitrogen and oxygen atoms in total. The monoisotopic (exact) mass is 624 g/mol. The highest BCUT2D eigenvalue weighted by atomic mass is 16.4. The number of carboxylic acid groups (broad SMARTS) is 1. The summed E-state index contributed by atoms with van der Waals surface area (Å²) in [5.74, 6) is -0.0673. The fraction of sp³-hybridized carbons (Fsp3) is 0.353. The molecule has 46 heavy (non-hydrogen) atoms. The Morgan fingerprint density at radius 3 is 2.28 bits per heavy atom. The molecule has 1 saturated carbocycles. The number of aromatic amines is 1. The number of H-pyrrole nitrogens is 1. The molecular weight excluding hydrogens is 584 g/mol. The molecule has 3 amide bonds. The van der Waals surface area contributed by atoms with Crippen LogP contribution in [0.1, 0.15) is 36.8 Å². The minimum absolute atomic E-state index is 0.162. The van der Waals surface area contributed by atoms with Crippen LogP contribution in [0.4, 0.5) is 16.2 Å². The van der Waals surface area contributed by atoms with Gasteiger partial charge in [0.25, 0.3) is 0 Å². The number of benzene rings is 3. The third kappa shape index (κ3) is 8.26. The van der Waals surface area contributed by atoms with E-state index in [9.17, 15) is 14.4 Å². The highest BCUT2D eigenvalue weighted by Gasteiger charge is 2.30. The first-order valence-corrected chi connectivity index (χ1v) is 15.5. The van der Waals surface area contributed by atoms with Crippen LogP contribution in [0.25, 0.3) is 22.5 Å². The second-order valence-corrected chi connectivity index (χ2v) is 12.1. The Kier molecular flexibility index (Phi) is 10.3. The van der Waals surface area contributed by atoms with Crippen molar-refractivity contribution >= 4 is 29.3 Å². The van der Waals surface area contributed by atoms with Crippen LogP contribution in [0, 0.1) is 18.8 Å². The Labute approximate surface area is 268 Å². The normalized spacial score (nSPS) is 16.7. The molecule has 4 aromatic rings. The molecule has 0 aliphatic heterocycles. The molecule has 0 spiro atoms. The molecule has 5 N–H and O–H groups in total. The molecule has 1 fully saturated rings. The highest BCUT2D eigenvalue weighted by molar-refractivity contribution is 5.97. The van der Waals surface area contributed by atoms with Crippen molar-refractivity contribution in [2.24, 2.45) is 11.8 Å². The van der Waals surface area contributed by atoms with E-state index in [1.54, 1.807) is 24.3 Å². The molecule has 1 atom stereocenters. The average Bonchev–Trinajstić information content (AvgIpc) is 3.60. The summed E-state index contributed by atoms with van der Waals surface area (Å²) in [6, 6.07) is 20.8. The van der Waals surface area contributed by atoms with E-state index in [0.29, 0.717) is 37.3 Å². The molecule has 3 aromatic carbocycles. The number of carbonyl (C=O) groups is 3. The number of aryl methyl sites for hydroxylation is 1. The average molecular weight is 625 g/mol. The summed E-state index contributed by atoms with van der Waals surface area (Å²) in [6.07, 6.45) is 2.06. The number of amides is 3. The fourth-order valence-electron chi connectivity index (χ4n) is 5.83. The molecule has 5 rings (SSSR count). The topological polar surface area (TPSA) is 165 Å². The molecule has 1 aliphatic rings. The molecule has 1 heterocycles. The zero-order valence-corrected chi connectivity index (χ0v) is 26.3. The van der Waals surface area contributed by atoms with Gasteiger partial charge in [-0.05, 0) is 102 Å². The van der Waals surface area contributed by atoms with Gasteiger partial charge in [-0.25, -0.2) is 4.79 Å². The molecular formula is C34H40N8O4. The van der Waals surface area contributed by atoms with Crippen molar-refractivity contribution in [2.75, 3.05) is 30.9 Å². The van der Waals surface area contributed by atoms with E-state index in [-0.39, 0.29) is 23.7 Å². The second-order valence-electron chi connectivity index (χ2n) is 12.1. The summed E-state index contributed by atoms with van der Waals surface area (Å²) in [5.41, 5.74) is 6.74. The maximum absolute atomic E-state index is 13.7. The van der Waals surface area contributed by atoms with Crippen molar-refractivity contribution in [3.8, 4) is 22.5 Å². The van der Waals surface area contributed by atoms with Crippen LogP contribution in [0.3, 0.4) is 0 Å². The van der Waals surface area contributed by atoms with E-state index in [4.69, 9.17) is 5.11 Å². The van der Waals surface area contributed by atoms with Crippen LogP contribution < -0.4 is 20.9 Å². The van der Waals surface area contributed by atoms with Crippen molar-refractivity contribution < 1.29 is 19.5 Å². The van der Waals surface area contributed by atoms with Gasteiger partial charge in [0.05, 0.1) is 0 Å². The number of tetrazole rings is 1. The zero-order valence-electron chi connectivity index (χ0n) is 26.3. The molecule has 0 saturated heterocycles. The summed E-state index contributed by atoms with van der Waals surface area (Å²) >= 11 is 0. The lowest BCUT2D eigenvalue weighted by atomic mass is 9.81. The lowest BCUT2D eigenvalue weighted by Gasteiger charge is -2.29. The fourth-order valence-corrected chi connectivity index (χ4v) is 5.83. The molecule has 0 bridgehead atoms. The summed E-state index contributed by atoms with van der Waals surface area (Å²) in [6.45, 7) is 2.47. The largest absolute Gasteiger partial charge is 0.465 e. The van der Waals surface area contributed by atoms with E-state index in [2.05, 4.69) is 78.7 Å². The number of carbonyl (C=O) groups excluding carboxylic acids is 2. The lowest BCUT2D eigenvalue weighted by molar-refractivity contribution is -0.130. The Balaban J connectivity index is 1.30. The first kappa shape index (κ1) is 32.1. The Bertz CT molecular complexity index is 1630. The van der Waals surface area contributed by atoms with Gasteiger partial charge in [0.1, 0.15) is 6.04 Å². The van der Waals surface area contributed by atoms with Crippen LogP contribution in [-0.2, 0) is 16.0 Å². The van der Waals surface area contributed by atoms with Crippen molar-refractivity contribution in [1.82, 2.24) is 31.3 Å².